The van der Waals surface area contributed by atoms with Crippen LogP contribution in [0.5, 0.6) is 5.75 Å². The van der Waals surface area contributed by atoms with Crippen molar-refractivity contribution in [2.45, 2.75) is 33.4 Å². The summed E-state index contributed by atoms with van der Waals surface area (Å²) in [6, 6.07) is 8.20. The van der Waals surface area contributed by atoms with Crippen molar-refractivity contribution in [2.24, 2.45) is 0 Å². The van der Waals surface area contributed by atoms with Crippen molar-refractivity contribution in [2.75, 3.05) is 5.73 Å². The van der Waals surface area contributed by atoms with Crippen LogP contribution >= 0.6 is 0 Å². The Balaban J connectivity index is 2.09. The topological polar surface area (TPSA) is 53.1 Å². The van der Waals surface area contributed by atoms with Crippen LogP contribution in [0.25, 0.3) is 0 Å². The normalized spacial score (nSPS) is 10.9. The third kappa shape index (κ3) is 2.47. The molecule has 0 bridgehead atoms. The summed E-state index contributed by atoms with van der Waals surface area (Å²) in [7, 11) is 0. The van der Waals surface area contributed by atoms with Crippen molar-refractivity contribution in [1.29, 1.82) is 0 Å². The Morgan fingerprint density at radius 2 is 2.06 bits per heavy atom. The minimum absolute atomic E-state index is 0.261. The van der Waals surface area contributed by atoms with E-state index in [0.717, 1.165) is 16.9 Å². The number of para-hydroxylation sites is 1. The van der Waals surface area contributed by atoms with Gasteiger partial charge in [-0.25, -0.2) is 4.68 Å². The SMILES string of the molecule is Cc1ccccc1OCc1cnn(C(C)C)c1N. The lowest BCUT2D eigenvalue weighted by atomic mass is 10.2. The van der Waals surface area contributed by atoms with E-state index in [1.165, 1.54) is 0 Å². The Labute approximate surface area is 107 Å². The molecule has 0 spiro atoms. The summed E-state index contributed by atoms with van der Waals surface area (Å²) in [5.74, 6) is 1.56. The zero-order valence-corrected chi connectivity index (χ0v) is 11.1. The number of nitrogens with zero attached hydrogens (tertiary/aromatic N) is 2. The van der Waals surface area contributed by atoms with Crippen LogP contribution in [0.15, 0.2) is 30.5 Å². The average Bonchev–Trinajstić information content (AvgIpc) is 2.70. The first kappa shape index (κ1) is 12.5. The van der Waals surface area contributed by atoms with Crippen LogP contribution in [0.4, 0.5) is 5.82 Å². The highest BCUT2D eigenvalue weighted by atomic mass is 16.5. The van der Waals surface area contributed by atoms with Gasteiger partial charge >= 0.3 is 0 Å². The van der Waals surface area contributed by atoms with E-state index in [1.807, 2.05) is 31.2 Å². The van der Waals surface area contributed by atoms with Crippen LogP contribution in [0.2, 0.25) is 0 Å². The van der Waals surface area contributed by atoms with Crippen LogP contribution < -0.4 is 10.5 Å². The number of benzene rings is 1. The molecule has 0 unspecified atom stereocenters. The maximum atomic E-state index is 6.03. The molecule has 2 N–H and O–H groups in total. The number of aromatic nitrogens is 2. The molecule has 0 amide bonds. The Morgan fingerprint density at radius 3 is 2.67 bits per heavy atom. The van der Waals surface area contributed by atoms with E-state index in [4.69, 9.17) is 10.5 Å². The molecule has 1 heterocycles. The molecule has 0 aliphatic heterocycles. The van der Waals surface area contributed by atoms with Crippen molar-refractivity contribution in [3.63, 3.8) is 0 Å². The molecule has 2 rings (SSSR count). The van der Waals surface area contributed by atoms with Gasteiger partial charge in [0.05, 0.1) is 11.8 Å². The molecule has 96 valence electrons. The van der Waals surface area contributed by atoms with Crippen LogP contribution in [0.3, 0.4) is 0 Å². The Bertz CT molecular complexity index is 532. The molecule has 0 radical (unpaired) electrons. The number of nitrogens with two attached hydrogens (primary N) is 1. The number of hydrogen-bond donors (Lipinski definition) is 1. The fraction of sp³-hybridized carbons (Fsp3) is 0.357. The molecule has 0 fully saturated rings. The number of rotatable bonds is 4. The third-order valence-electron chi connectivity index (χ3n) is 2.88. The molecule has 0 saturated carbocycles. The molecule has 0 atom stereocenters. The number of ether oxygens (including phenoxy) is 1. The van der Waals surface area contributed by atoms with E-state index >= 15 is 0 Å². The molecule has 0 aliphatic rings. The van der Waals surface area contributed by atoms with Gasteiger partial charge < -0.3 is 10.5 Å². The standard InChI is InChI=1S/C14H19N3O/c1-10(2)17-14(15)12(8-16-17)9-18-13-7-5-4-6-11(13)3/h4-8,10H,9,15H2,1-3H3. The minimum Gasteiger partial charge on any atom is -0.488 e. The van der Waals surface area contributed by atoms with Gasteiger partial charge in [-0.2, -0.15) is 5.10 Å². The average molecular weight is 245 g/mol. The van der Waals surface area contributed by atoms with Gasteiger partial charge in [0.25, 0.3) is 0 Å². The van der Waals surface area contributed by atoms with E-state index < -0.39 is 0 Å². The van der Waals surface area contributed by atoms with E-state index in [9.17, 15) is 0 Å². The van der Waals surface area contributed by atoms with Crippen molar-refractivity contribution >= 4 is 5.82 Å². The second-order valence-electron chi connectivity index (χ2n) is 4.65. The van der Waals surface area contributed by atoms with E-state index in [-0.39, 0.29) is 6.04 Å². The van der Waals surface area contributed by atoms with Gasteiger partial charge in [-0.05, 0) is 32.4 Å². The number of anilines is 1. The van der Waals surface area contributed by atoms with Crippen LogP contribution in [-0.2, 0) is 6.61 Å². The Kier molecular flexibility index (Phi) is 3.55. The molecule has 18 heavy (non-hydrogen) atoms. The lowest BCUT2D eigenvalue weighted by Gasteiger charge is -2.10. The van der Waals surface area contributed by atoms with Gasteiger partial charge in [-0.1, -0.05) is 18.2 Å². The smallest absolute Gasteiger partial charge is 0.128 e. The molecule has 4 heteroatoms. The zero-order chi connectivity index (χ0) is 13.1. The van der Waals surface area contributed by atoms with Gasteiger partial charge in [0.1, 0.15) is 18.2 Å². The first-order chi connectivity index (χ1) is 8.59. The summed E-state index contributed by atoms with van der Waals surface area (Å²) >= 11 is 0. The second-order valence-corrected chi connectivity index (χ2v) is 4.65. The predicted octanol–water partition coefficient (Wildman–Crippen LogP) is 2.93. The van der Waals surface area contributed by atoms with Crippen LogP contribution in [0, 0.1) is 6.92 Å². The van der Waals surface area contributed by atoms with Gasteiger partial charge in [0, 0.05) is 6.04 Å². The number of aryl methyl sites for hydroxylation is 1. The molecule has 0 saturated heterocycles. The maximum Gasteiger partial charge on any atom is 0.128 e. The van der Waals surface area contributed by atoms with Gasteiger partial charge in [-0.15, -0.1) is 0 Å². The molecular weight excluding hydrogens is 226 g/mol. The number of nitrogen functional groups attached to an aromatic ring is 1. The van der Waals surface area contributed by atoms with Crippen molar-refractivity contribution < 1.29 is 4.74 Å². The summed E-state index contributed by atoms with van der Waals surface area (Å²) in [5, 5.41) is 4.26. The lowest BCUT2D eigenvalue weighted by Crippen LogP contribution is -2.08. The first-order valence-corrected chi connectivity index (χ1v) is 6.10. The van der Waals surface area contributed by atoms with Gasteiger partial charge in [0.15, 0.2) is 0 Å². The monoisotopic (exact) mass is 245 g/mol. The molecule has 0 aliphatic carbocycles. The highest BCUT2D eigenvalue weighted by molar-refractivity contribution is 5.39. The van der Waals surface area contributed by atoms with E-state index in [1.54, 1.807) is 10.9 Å². The van der Waals surface area contributed by atoms with Crippen LogP contribution in [0.1, 0.15) is 31.0 Å². The van der Waals surface area contributed by atoms with Crippen LogP contribution in [-0.4, -0.2) is 9.78 Å². The summed E-state index contributed by atoms with van der Waals surface area (Å²) in [4.78, 5) is 0. The van der Waals surface area contributed by atoms with E-state index in [0.29, 0.717) is 12.4 Å². The quantitative estimate of drug-likeness (QED) is 0.901. The highest BCUT2D eigenvalue weighted by Crippen LogP contribution is 2.21. The predicted molar refractivity (Wildman–Crippen MR) is 72.5 cm³/mol. The van der Waals surface area contributed by atoms with Gasteiger partial charge in [-0.3, -0.25) is 0 Å². The summed E-state index contributed by atoms with van der Waals surface area (Å²) in [5.41, 5.74) is 8.07. The molecule has 4 nitrogen and oxygen atoms in total. The molecule has 1 aromatic carbocycles. The molecule has 1 aromatic heterocycles. The highest BCUT2D eigenvalue weighted by Gasteiger charge is 2.10. The fourth-order valence-electron chi connectivity index (χ4n) is 1.80. The van der Waals surface area contributed by atoms with Crippen molar-refractivity contribution in [1.82, 2.24) is 9.78 Å². The van der Waals surface area contributed by atoms with E-state index in [2.05, 4.69) is 18.9 Å². The molecular formula is C14H19N3O. The first-order valence-electron chi connectivity index (χ1n) is 6.10. The van der Waals surface area contributed by atoms with Gasteiger partial charge in [0.2, 0.25) is 0 Å². The minimum atomic E-state index is 0.261. The summed E-state index contributed by atoms with van der Waals surface area (Å²) in [6.07, 6.45) is 1.77. The van der Waals surface area contributed by atoms with Crippen molar-refractivity contribution in [3.05, 3.63) is 41.6 Å². The molecule has 2 aromatic rings. The Hall–Kier alpha value is -1.97. The third-order valence-corrected chi connectivity index (χ3v) is 2.88. The largest absolute Gasteiger partial charge is 0.488 e. The fourth-order valence-corrected chi connectivity index (χ4v) is 1.80. The van der Waals surface area contributed by atoms with Crippen molar-refractivity contribution in [3.8, 4) is 5.75 Å². The lowest BCUT2D eigenvalue weighted by molar-refractivity contribution is 0.304. The summed E-state index contributed by atoms with van der Waals surface area (Å²) < 4.78 is 7.57. The summed E-state index contributed by atoms with van der Waals surface area (Å²) in [6.45, 7) is 6.57. The maximum absolute atomic E-state index is 6.03. The zero-order valence-electron chi connectivity index (χ0n) is 11.1. The second kappa shape index (κ2) is 5.12. The number of hydrogen-bond acceptors (Lipinski definition) is 3. The Morgan fingerprint density at radius 1 is 1.33 bits per heavy atom.